The Labute approximate surface area is 183 Å². The number of nitrogens with zero attached hydrogens (tertiary/aromatic N) is 1. The number of para-hydroxylation sites is 1. The highest BCUT2D eigenvalue weighted by atomic mass is 16.5. The van der Waals surface area contributed by atoms with Crippen molar-refractivity contribution in [2.24, 2.45) is 5.92 Å². The van der Waals surface area contributed by atoms with E-state index in [1.54, 1.807) is 12.1 Å². The molecule has 170 valence electrons. The topological polar surface area (TPSA) is 94.2 Å². The number of imide groups is 1. The van der Waals surface area contributed by atoms with Crippen LogP contribution in [0.25, 0.3) is 5.76 Å². The van der Waals surface area contributed by atoms with Crippen molar-refractivity contribution in [3.8, 4) is 5.75 Å². The van der Waals surface area contributed by atoms with Gasteiger partial charge in [-0.05, 0) is 30.5 Å². The number of carbonyl (C=O) groups excluding carboxylic acids is 3. The smallest absolute Gasteiger partial charge is 0.333 e. The second-order valence-corrected chi connectivity index (χ2v) is 7.41. The summed E-state index contributed by atoms with van der Waals surface area (Å²) in [7, 11) is 3.00. The number of ether oxygens (including phenoxy) is 3. The average Bonchev–Trinajstić information content (AvgIpc) is 3.12. The van der Waals surface area contributed by atoms with Gasteiger partial charge in [-0.25, -0.2) is 9.59 Å². The van der Waals surface area contributed by atoms with Crippen LogP contribution in [0.1, 0.15) is 45.1 Å². The van der Waals surface area contributed by atoms with Crippen molar-refractivity contribution in [3.63, 3.8) is 0 Å². The fraction of sp³-hybridized carbons (Fsp3) is 0.522. The molecule has 2 unspecified atom stereocenters. The fourth-order valence-corrected chi connectivity index (χ4v) is 3.41. The Morgan fingerprint density at radius 3 is 2.55 bits per heavy atom. The minimum absolute atomic E-state index is 0.231. The highest BCUT2D eigenvalue weighted by Gasteiger charge is 2.37. The van der Waals surface area contributed by atoms with E-state index in [1.165, 1.54) is 20.3 Å². The zero-order valence-corrected chi connectivity index (χ0v) is 18.7. The van der Waals surface area contributed by atoms with Crippen LogP contribution < -0.4 is 10.1 Å². The molecule has 8 heteroatoms. The van der Waals surface area contributed by atoms with Gasteiger partial charge in [0.05, 0.1) is 26.4 Å². The lowest BCUT2D eigenvalue weighted by atomic mass is 10.0. The van der Waals surface area contributed by atoms with Gasteiger partial charge in [-0.3, -0.25) is 15.0 Å². The van der Waals surface area contributed by atoms with E-state index >= 15 is 0 Å². The molecule has 2 rings (SSSR count). The summed E-state index contributed by atoms with van der Waals surface area (Å²) in [6.07, 6.45) is 5.48. The Morgan fingerprint density at radius 1 is 1.23 bits per heavy atom. The van der Waals surface area contributed by atoms with E-state index in [2.05, 4.69) is 19.2 Å². The highest BCUT2D eigenvalue weighted by Crippen LogP contribution is 2.27. The lowest BCUT2D eigenvalue weighted by molar-refractivity contribution is -0.148. The van der Waals surface area contributed by atoms with Gasteiger partial charge in [-0.15, -0.1) is 0 Å². The number of urea groups is 1. The summed E-state index contributed by atoms with van der Waals surface area (Å²) < 4.78 is 16.5. The molecule has 8 nitrogen and oxygen atoms in total. The summed E-state index contributed by atoms with van der Waals surface area (Å²) in [5, 5.41) is 2.21. The number of hydrogen-bond donors (Lipinski definition) is 1. The zero-order valence-electron chi connectivity index (χ0n) is 18.7. The Morgan fingerprint density at radius 2 is 1.97 bits per heavy atom. The molecule has 1 fully saturated rings. The lowest BCUT2D eigenvalue weighted by Crippen LogP contribution is -2.43. The van der Waals surface area contributed by atoms with Crippen molar-refractivity contribution < 1.29 is 28.6 Å². The molecule has 1 aromatic carbocycles. The van der Waals surface area contributed by atoms with Gasteiger partial charge in [0.1, 0.15) is 18.1 Å². The fourth-order valence-electron chi connectivity index (χ4n) is 3.41. The molecule has 31 heavy (non-hydrogen) atoms. The van der Waals surface area contributed by atoms with Crippen LogP contribution >= 0.6 is 0 Å². The first-order valence-electron chi connectivity index (χ1n) is 10.6. The summed E-state index contributed by atoms with van der Waals surface area (Å²) in [4.78, 5) is 38.2. The van der Waals surface area contributed by atoms with Gasteiger partial charge in [0.25, 0.3) is 0 Å². The molecule has 3 amide bonds. The maximum absolute atomic E-state index is 13.0. The second kappa shape index (κ2) is 12.0. The van der Waals surface area contributed by atoms with Crippen LogP contribution in [0.3, 0.4) is 0 Å². The van der Waals surface area contributed by atoms with E-state index in [0.717, 1.165) is 30.6 Å². The van der Waals surface area contributed by atoms with Crippen LogP contribution in [0.4, 0.5) is 4.79 Å². The minimum Gasteiger partial charge on any atom is -0.496 e. The van der Waals surface area contributed by atoms with Gasteiger partial charge in [0.2, 0.25) is 5.91 Å². The minimum atomic E-state index is -1.12. The third kappa shape index (κ3) is 6.47. The van der Waals surface area contributed by atoms with Gasteiger partial charge < -0.3 is 14.2 Å². The van der Waals surface area contributed by atoms with Crippen molar-refractivity contribution in [2.75, 3.05) is 27.4 Å². The molecule has 1 aliphatic heterocycles. The van der Waals surface area contributed by atoms with E-state index in [4.69, 9.17) is 14.2 Å². The van der Waals surface area contributed by atoms with E-state index in [9.17, 15) is 14.4 Å². The molecular weight excluding hydrogens is 400 g/mol. The molecule has 0 aromatic heterocycles. The number of amides is 3. The van der Waals surface area contributed by atoms with Crippen LogP contribution in [0.5, 0.6) is 5.75 Å². The number of esters is 1. The number of benzene rings is 1. The van der Waals surface area contributed by atoms with E-state index in [-0.39, 0.29) is 19.1 Å². The Bertz CT molecular complexity index is 807. The number of hydrogen-bond acceptors (Lipinski definition) is 6. The molecule has 0 bridgehead atoms. The number of carbonyl (C=O) groups is 3. The van der Waals surface area contributed by atoms with Crippen molar-refractivity contribution >= 4 is 23.7 Å². The van der Waals surface area contributed by atoms with Crippen LogP contribution in [-0.4, -0.2) is 56.2 Å². The van der Waals surface area contributed by atoms with E-state index < -0.39 is 23.9 Å². The average molecular weight is 433 g/mol. The largest absolute Gasteiger partial charge is 0.496 e. The number of nitrogens with one attached hydrogen (secondary N) is 1. The van der Waals surface area contributed by atoms with Crippen LogP contribution in [0, 0.1) is 5.92 Å². The van der Waals surface area contributed by atoms with Crippen molar-refractivity contribution in [2.45, 2.75) is 45.6 Å². The second-order valence-electron chi connectivity index (χ2n) is 7.41. The van der Waals surface area contributed by atoms with E-state index in [0.29, 0.717) is 17.1 Å². The summed E-state index contributed by atoms with van der Waals surface area (Å²) in [5.41, 5.74) is 0.616. The first kappa shape index (κ1) is 24.2. The van der Waals surface area contributed by atoms with Crippen molar-refractivity contribution in [1.29, 1.82) is 0 Å². The first-order chi connectivity index (χ1) is 14.9. The standard InChI is InChI=1S/C23H32N2O6/c1-5-7-10-16(6-2)15-31-22(27)18(25-14-21(26)24-23(25)28)13-20(30-4)17-11-8-9-12-19(17)29-3/h8-9,11-13,16,18H,5-7,10,14-15H2,1-4H3,(H,24,26,28). The molecule has 0 spiro atoms. The molecule has 0 radical (unpaired) electrons. The summed E-state index contributed by atoms with van der Waals surface area (Å²) >= 11 is 0. The normalized spacial score (nSPS) is 16.0. The van der Waals surface area contributed by atoms with Gasteiger partial charge in [0, 0.05) is 0 Å². The van der Waals surface area contributed by atoms with Crippen LogP contribution in [-0.2, 0) is 19.1 Å². The van der Waals surface area contributed by atoms with Gasteiger partial charge in [-0.1, -0.05) is 45.2 Å². The molecule has 1 aromatic rings. The SMILES string of the molecule is CCCCC(CC)COC(=O)C(C=C(OC)c1ccccc1OC)N1CC(=O)NC1=O. The maximum Gasteiger partial charge on any atom is 0.333 e. The number of methoxy groups -OCH3 is 2. The molecule has 1 saturated heterocycles. The predicted molar refractivity (Wildman–Crippen MR) is 116 cm³/mol. The summed E-state index contributed by atoms with van der Waals surface area (Å²) in [5.74, 6) is 0.0598. The Kier molecular flexibility index (Phi) is 9.37. The Balaban J connectivity index is 2.31. The lowest BCUT2D eigenvalue weighted by Gasteiger charge is -2.24. The number of rotatable bonds is 12. The monoisotopic (exact) mass is 432 g/mol. The van der Waals surface area contributed by atoms with Gasteiger partial charge in [0.15, 0.2) is 6.04 Å². The molecule has 0 aliphatic carbocycles. The molecule has 1 N–H and O–H groups in total. The number of unbranched alkanes of at least 4 members (excludes halogenated alkanes) is 1. The maximum atomic E-state index is 13.0. The molecule has 2 atom stereocenters. The molecule has 1 heterocycles. The van der Waals surface area contributed by atoms with Gasteiger partial charge in [-0.2, -0.15) is 0 Å². The van der Waals surface area contributed by atoms with Gasteiger partial charge >= 0.3 is 12.0 Å². The Hall–Kier alpha value is -3.03. The highest BCUT2D eigenvalue weighted by molar-refractivity contribution is 6.04. The third-order valence-electron chi connectivity index (χ3n) is 5.30. The third-order valence-corrected chi connectivity index (χ3v) is 5.30. The van der Waals surface area contributed by atoms with Crippen molar-refractivity contribution in [3.05, 3.63) is 35.9 Å². The van der Waals surface area contributed by atoms with E-state index in [1.807, 2.05) is 12.1 Å². The molecular formula is C23H32N2O6. The zero-order chi connectivity index (χ0) is 22.8. The van der Waals surface area contributed by atoms with Crippen molar-refractivity contribution in [1.82, 2.24) is 10.2 Å². The molecule has 0 saturated carbocycles. The van der Waals surface area contributed by atoms with Crippen LogP contribution in [0.15, 0.2) is 30.3 Å². The summed E-state index contributed by atoms with van der Waals surface area (Å²) in [6.45, 7) is 4.21. The first-order valence-corrected chi connectivity index (χ1v) is 10.6. The quantitative estimate of drug-likeness (QED) is 0.309. The predicted octanol–water partition coefficient (Wildman–Crippen LogP) is 3.36. The van der Waals surface area contributed by atoms with Crippen LogP contribution in [0.2, 0.25) is 0 Å². The summed E-state index contributed by atoms with van der Waals surface area (Å²) in [6, 6.07) is 5.41. The molecule has 1 aliphatic rings.